The van der Waals surface area contributed by atoms with Gasteiger partial charge in [0, 0.05) is 6.54 Å². The van der Waals surface area contributed by atoms with E-state index in [1.807, 2.05) is 4.90 Å². The van der Waals surface area contributed by atoms with Crippen LogP contribution in [0.2, 0.25) is 0 Å². The second kappa shape index (κ2) is 6.46. The van der Waals surface area contributed by atoms with Gasteiger partial charge in [-0.3, -0.25) is 4.57 Å². The van der Waals surface area contributed by atoms with Crippen LogP contribution >= 0.6 is 0 Å². The number of anilines is 1. The Balaban J connectivity index is 1.72. The number of fused-ring (bicyclic) bond motifs is 1. The van der Waals surface area contributed by atoms with Crippen LogP contribution in [0.4, 0.5) is 5.82 Å². The Bertz CT molecular complexity index is 755. The van der Waals surface area contributed by atoms with Crippen molar-refractivity contribution in [3.63, 3.8) is 0 Å². The Labute approximate surface area is 143 Å². The van der Waals surface area contributed by atoms with E-state index in [2.05, 4.69) is 15.0 Å². The Kier molecular flexibility index (Phi) is 4.29. The molecule has 0 saturated carbocycles. The summed E-state index contributed by atoms with van der Waals surface area (Å²) in [6, 6.07) is -0.00263. The smallest absolute Gasteiger partial charge is 0.167 e. The SMILES string of the molecule is OCC1OC(n2cnc3c(N4CCC[C@@H]4CO)ncnc32)C(O)C1O. The van der Waals surface area contributed by atoms with Gasteiger partial charge < -0.3 is 30.1 Å². The van der Waals surface area contributed by atoms with Gasteiger partial charge in [-0.05, 0) is 12.8 Å². The molecule has 136 valence electrons. The highest BCUT2D eigenvalue weighted by molar-refractivity contribution is 5.83. The van der Waals surface area contributed by atoms with Crippen LogP contribution in [0.1, 0.15) is 19.1 Å². The highest BCUT2D eigenvalue weighted by Gasteiger charge is 2.44. The van der Waals surface area contributed by atoms with Gasteiger partial charge in [0.15, 0.2) is 23.2 Å². The molecule has 2 aromatic rings. The van der Waals surface area contributed by atoms with Crippen LogP contribution < -0.4 is 4.90 Å². The molecule has 0 bridgehead atoms. The molecular formula is C15H21N5O5. The molecule has 4 unspecified atom stereocenters. The van der Waals surface area contributed by atoms with Crippen LogP contribution in [0.3, 0.4) is 0 Å². The quantitative estimate of drug-likeness (QED) is 0.513. The lowest BCUT2D eigenvalue weighted by atomic mass is 10.1. The molecule has 0 aliphatic carbocycles. The lowest BCUT2D eigenvalue weighted by Crippen LogP contribution is -2.33. The molecule has 2 aromatic heterocycles. The maximum Gasteiger partial charge on any atom is 0.167 e. The van der Waals surface area contributed by atoms with Crippen LogP contribution in [-0.2, 0) is 4.74 Å². The van der Waals surface area contributed by atoms with Gasteiger partial charge in [-0.2, -0.15) is 0 Å². The van der Waals surface area contributed by atoms with Crippen molar-refractivity contribution in [2.45, 2.75) is 43.4 Å². The third-order valence-electron chi connectivity index (χ3n) is 4.99. The molecule has 4 N–H and O–H groups in total. The van der Waals surface area contributed by atoms with Gasteiger partial charge in [-0.15, -0.1) is 0 Å². The standard InChI is InChI=1S/C15H21N5O5/c21-4-8-2-1-3-19(8)13-10-14(17-6-16-13)20(7-18-10)15-12(24)11(23)9(5-22)25-15/h6-9,11-12,15,21-24H,1-5H2/t8-,9?,11?,12?,15?/m1/s1. The van der Waals surface area contributed by atoms with Gasteiger partial charge in [0.2, 0.25) is 0 Å². The topological polar surface area (TPSA) is 137 Å². The highest BCUT2D eigenvalue weighted by atomic mass is 16.6. The first kappa shape index (κ1) is 16.6. The molecule has 4 heterocycles. The zero-order chi connectivity index (χ0) is 17.6. The highest BCUT2D eigenvalue weighted by Crippen LogP contribution is 2.34. The number of ether oxygens (including phenoxy) is 1. The van der Waals surface area contributed by atoms with Crippen molar-refractivity contribution in [2.24, 2.45) is 0 Å². The maximum atomic E-state index is 10.2. The molecule has 2 aliphatic rings. The minimum Gasteiger partial charge on any atom is -0.394 e. The lowest BCUT2D eigenvalue weighted by Gasteiger charge is -2.24. The minimum atomic E-state index is -1.20. The monoisotopic (exact) mass is 351 g/mol. The number of aromatic nitrogens is 4. The number of hydrogen-bond acceptors (Lipinski definition) is 9. The molecule has 0 amide bonds. The number of nitrogens with zero attached hydrogens (tertiary/aromatic N) is 5. The number of aliphatic hydroxyl groups excluding tert-OH is 4. The van der Waals surface area contributed by atoms with Crippen molar-refractivity contribution < 1.29 is 25.2 Å². The van der Waals surface area contributed by atoms with Gasteiger partial charge >= 0.3 is 0 Å². The van der Waals surface area contributed by atoms with E-state index in [9.17, 15) is 20.4 Å². The second-order valence-corrected chi connectivity index (χ2v) is 6.42. The molecule has 0 spiro atoms. The number of imidazole rings is 1. The first-order chi connectivity index (χ1) is 12.2. The summed E-state index contributed by atoms with van der Waals surface area (Å²) in [6.07, 6.45) is 0.584. The van der Waals surface area contributed by atoms with Crippen molar-refractivity contribution >= 4 is 17.0 Å². The predicted molar refractivity (Wildman–Crippen MR) is 85.8 cm³/mol. The van der Waals surface area contributed by atoms with Gasteiger partial charge in [-0.1, -0.05) is 0 Å². The van der Waals surface area contributed by atoms with Crippen molar-refractivity contribution in [3.05, 3.63) is 12.7 Å². The molecule has 2 saturated heterocycles. The minimum absolute atomic E-state index is 0.00263. The van der Waals surface area contributed by atoms with Crippen LogP contribution in [0.25, 0.3) is 11.2 Å². The van der Waals surface area contributed by atoms with Crippen LogP contribution in [-0.4, -0.2) is 84.1 Å². The van der Waals surface area contributed by atoms with E-state index < -0.39 is 31.1 Å². The van der Waals surface area contributed by atoms with Gasteiger partial charge in [0.25, 0.3) is 0 Å². The van der Waals surface area contributed by atoms with Crippen LogP contribution in [0, 0.1) is 0 Å². The van der Waals surface area contributed by atoms with Crippen molar-refractivity contribution in [1.82, 2.24) is 19.5 Å². The zero-order valence-electron chi connectivity index (χ0n) is 13.5. The largest absolute Gasteiger partial charge is 0.394 e. The zero-order valence-corrected chi connectivity index (χ0v) is 13.5. The molecule has 4 rings (SSSR count). The summed E-state index contributed by atoms with van der Waals surface area (Å²) in [6.45, 7) is 0.423. The molecular weight excluding hydrogens is 330 g/mol. The molecule has 25 heavy (non-hydrogen) atoms. The van der Waals surface area contributed by atoms with Crippen molar-refractivity contribution in [1.29, 1.82) is 0 Å². The number of rotatable bonds is 4. The molecule has 10 heteroatoms. The molecule has 2 aliphatic heterocycles. The van der Waals surface area contributed by atoms with E-state index >= 15 is 0 Å². The first-order valence-electron chi connectivity index (χ1n) is 8.33. The summed E-state index contributed by atoms with van der Waals surface area (Å²) in [4.78, 5) is 15.0. The lowest BCUT2D eigenvalue weighted by molar-refractivity contribution is -0.0511. The fourth-order valence-electron chi connectivity index (χ4n) is 3.65. The van der Waals surface area contributed by atoms with E-state index in [1.54, 1.807) is 0 Å². The maximum absolute atomic E-state index is 10.2. The molecule has 2 fully saturated rings. The van der Waals surface area contributed by atoms with Crippen molar-refractivity contribution in [3.8, 4) is 0 Å². The van der Waals surface area contributed by atoms with E-state index in [0.717, 1.165) is 19.4 Å². The van der Waals surface area contributed by atoms with Crippen LogP contribution in [0.15, 0.2) is 12.7 Å². The Hall–Kier alpha value is -1.85. The summed E-state index contributed by atoms with van der Waals surface area (Å²) in [7, 11) is 0. The summed E-state index contributed by atoms with van der Waals surface area (Å²) in [5.74, 6) is 0.632. The molecule has 0 radical (unpaired) electrons. The average molecular weight is 351 g/mol. The van der Waals surface area contributed by atoms with E-state index in [0.29, 0.717) is 17.0 Å². The van der Waals surface area contributed by atoms with E-state index in [1.165, 1.54) is 17.2 Å². The Morgan fingerprint density at radius 3 is 2.68 bits per heavy atom. The summed E-state index contributed by atoms with van der Waals surface area (Å²) < 4.78 is 7.09. The number of hydrogen-bond donors (Lipinski definition) is 4. The van der Waals surface area contributed by atoms with Gasteiger partial charge in [0.1, 0.15) is 24.6 Å². The molecule has 0 aromatic carbocycles. The van der Waals surface area contributed by atoms with E-state index in [4.69, 9.17) is 4.74 Å². The summed E-state index contributed by atoms with van der Waals surface area (Å²) in [5.41, 5.74) is 1.00. The third-order valence-corrected chi connectivity index (χ3v) is 4.99. The van der Waals surface area contributed by atoms with Crippen LogP contribution in [0.5, 0.6) is 0 Å². The molecule has 10 nitrogen and oxygen atoms in total. The summed E-state index contributed by atoms with van der Waals surface area (Å²) >= 11 is 0. The predicted octanol–water partition coefficient (Wildman–Crippen LogP) is -1.60. The van der Waals surface area contributed by atoms with Gasteiger partial charge in [-0.25, -0.2) is 15.0 Å². The second-order valence-electron chi connectivity index (χ2n) is 6.42. The number of aliphatic hydroxyl groups is 4. The molecule has 5 atom stereocenters. The average Bonchev–Trinajstić information content (AvgIpc) is 3.33. The Morgan fingerprint density at radius 1 is 1.12 bits per heavy atom. The van der Waals surface area contributed by atoms with Crippen molar-refractivity contribution in [2.75, 3.05) is 24.7 Å². The van der Waals surface area contributed by atoms with E-state index in [-0.39, 0.29) is 12.6 Å². The summed E-state index contributed by atoms with van der Waals surface area (Å²) in [5, 5.41) is 39.0. The van der Waals surface area contributed by atoms with Gasteiger partial charge in [0.05, 0.1) is 25.6 Å². The normalized spacial score (nSPS) is 32.8. The first-order valence-corrected chi connectivity index (χ1v) is 8.33. The Morgan fingerprint density at radius 2 is 1.96 bits per heavy atom. The third kappa shape index (κ3) is 2.57. The fourth-order valence-corrected chi connectivity index (χ4v) is 3.65. The fraction of sp³-hybridized carbons (Fsp3) is 0.667.